The standard InChI is InChI=1S/C14H14ClNO2/c1-16-9-14(13(17)7-12(16)8-15)18-10-11-5-3-2-4-6-11/h2-7,9H,8,10H2,1H3/i2D,3D,4D,5D,6D. The highest BCUT2D eigenvalue weighted by Gasteiger charge is 2.05. The van der Waals surface area contributed by atoms with Gasteiger partial charge in [0.2, 0.25) is 5.43 Å². The van der Waals surface area contributed by atoms with Crippen molar-refractivity contribution in [1.29, 1.82) is 0 Å². The molecule has 0 radical (unpaired) electrons. The fraction of sp³-hybridized carbons (Fsp3) is 0.214. The van der Waals surface area contributed by atoms with Gasteiger partial charge < -0.3 is 9.30 Å². The van der Waals surface area contributed by atoms with Crippen LogP contribution in [0.4, 0.5) is 0 Å². The number of nitrogens with zero attached hydrogens (tertiary/aromatic N) is 1. The van der Waals surface area contributed by atoms with Gasteiger partial charge in [-0.2, -0.15) is 0 Å². The van der Waals surface area contributed by atoms with Crippen LogP contribution in [0.2, 0.25) is 0 Å². The highest BCUT2D eigenvalue weighted by Crippen LogP contribution is 2.10. The maximum absolute atomic E-state index is 11.9. The Morgan fingerprint density at radius 1 is 1.39 bits per heavy atom. The Kier molecular flexibility index (Phi) is 2.43. The Bertz CT molecular complexity index is 793. The zero-order valence-electron chi connectivity index (χ0n) is 14.7. The normalized spacial score (nSPS) is 14.2. The number of hydrogen-bond donors (Lipinski definition) is 0. The van der Waals surface area contributed by atoms with Crippen LogP contribution >= 0.6 is 11.6 Å². The molecule has 3 nitrogen and oxygen atoms in total. The molecule has 2 aromatic rings. The highest BCUT2D eigenvalue weighted by atomic mass is 35.5. The Morgan fingerprint density at radius 2 is 2.11 bits per heavy atom. The van der Waals surface area contributed by atoms with Gasteiger partial charge in [-0.15, -0.1) is 11.6 Å². The van der Waals surface area contributed by atoms with Crippen molar-refractivity contribution in [3.63, 3.8) is 0 Å². The molecule has 0 bridgehead atoms. The third kappa shape index (κ3) is 2.93. The van der Waals surface area contributed by atoms with Crippen LogP contribution in [0.5, 0.6) is 5.75 Å². The van der Waals surface area contributed by atoms with E-state index in [2.05, 4.69) is 0 Å². The molecule has 1 aromatic carbocycles. The second-order valence-corrected chi connectivity index (χ2v) is 3.90. The molecule has 0 spiro atoms. The Hall–Kier alpha value is -1.74. The summed E-state index contributed by atoms with van der Waals surface area (Å²) in [7, 11) is 1.70. The third-order valence-corrected chi connectivity index (χ3v) is 2.64. The number of ether oxygens (including phenoxy) is 1. The van der Waals surface area contributed by atoms with E-state index in [1.807, 2.05) is 0 Å². The number of rotatable bonds is 4. The van der Waals surface area contributed by atoms with Gasteiger partial charge in [-0.1, -0.05) is 30.2 Å². The predicted octanol–water partition coefficient (Wildman–Crippen LogP) is 2.70. The average molecular weight is 269 g/mol. The Balaban J connectivity index is 2.36. The van der Waals surface area contributed by atoms with Crippen LogP contribution in [-0.4, -0.2) is 4.57 Å². The summed E-state index contributed by atoms with van der Waals surface area (Å²) in [5.74, 6) is 0.197. The molecule has 1 aromatic heterocycles. The topological polar surface area (TPSA) is 31.2 Å². The molecule has 0 aliphatic rings. The third-order valence-electron chi connectivity index (χ3n) is 2.37. The van der Waals surface area contributed by atoms with Crippen LogP contribution < -0.4 is 10.2 Å². The lowest BCUT2D eigenvalue weighted by Gasteiger charge is -2.10. The van der Waals surface area contributed by atoms with Gasteiger partial charge in [0.15, 0.2) is 5.75 Å². The predicted molar refractivity (Wildman–Crippen MR) is 72.0 cm³/mol. The molecule has 0 fully saturated rings. The molecule has 0 atom stereocenters. The summed E-state index contributed by atoms with van der Waals surface area (Å²) in [6.07, 6.45) is 1.45. The van der Waals surface area contributed by atoms with Crippen LogP contribution in [0.1, 0.15) is 18.1 Å². The summed E-state index contributed by atoms with van der Waals surface area (Å²) in [5, 5.41) is 0. The highest BCUT2D eigenvalue weighted by molar-refractivity contribution is 6.16. The second kappa shape index (κ2) is 5.74. The minimum absolute atomic E-state index is 0.000488. The van der Waals surface area contributed by atoms with Gasteiger partial charge in [0.25, 0.3) is 0 Å². The summed E-state index contributed by atoms with van der Waals surface area (Å²) < 4.78 is 45.4. The van der Waals surface area contributed by atoms with Crippen molar-refractivity contribution < 1.29 is 11.6 Å². The van der Waals surface area contributed by atoms with Gasteiger partial charge in [-0.25, -0.2) is 0 Å². The first-order valence-electron chi connectivity index (χ1n) is 7.72. The first kappa shape index (κ1) is 7.64. The number of alkyl halides is 1. The SMILES string of the molecule is [2H]c1c([2H])c([2H])c(COc2cn(C)c(CCl)cc2=O)c([2H])c1[2H]. The van der Waals surface area contributed by atoms with E-state index >= 15 is 0 Å². The lowest BCUT2D eigenvalue weighted by Crippen LogP contribution is -2.12. The van der Waals surface area contributed by atoms with Crippen LogP contribution in [0, 0.1) is 0 Å². The molecule has 94 valence electrons. The minimum atomic E-state index is -0.467. The smallest absolute Gasteiger partial charge is 0.223 e. The molecule has 0 N–H and O–H groups in total. The van der Waals surface area contributed by atoms with Crippen molar-refractivity contribution in [3.05, 3.63) is 64.0 Å². The van der Waals surface area contributed by atoms with Gasteiger partial charge in [0, 0.05) is 18.8 Å². The molecule has 0 unspecified atom stereocenters. The fourth-order valence-corrected chi connectivity index (χ4v) is 1.65. The Morgan fingerprint density at radius 3 is 2.78 bits per heavy atom. The van der Waals surface area contributed by atoms with Crippen LogP contribution in [0.25, 0.3) is 0 Å². The molecule has 4 heteroatoms. The van der Waals surface area contributed by atoms with Crippen molar-refractivity contribution in [2.75, 3.05) is 0 Å². The fourth-order valence-electron chi connectivity index (χ4n) is 1.39. The molecule has 0 saturated heterocycles. The van der Waals surface area contributed by atoms with Crippen molar-refractivity contribution in [2.24, 2.45) is 7.05 Å². The summed E-state index contributed by atoms with van der Waals surface area (Å²) in [6, 6.07) is -0.684. The molecule has 18 heavy (non-hydrogen) atoms. The number of benzene rings is 1. The monoisotopic (exact) mass is 268 g/mol. The van der Waals surface area contributed by atoms with Crippen molar-refractivity contribution >= 4 is 11.6 Å². The van der Waals surface area contributed by atoms with Crippen molar-refractivity contribution in [2.45, 2.75) is 12.5 Å². The zero-order valence-corrected chi connectivity index (χ0v) is 10.5. The van der Waals surface area contributed by atoms with E-state index in [1.165, 1.54) is 12.3 Å². The van der Waals surface area contributed by atoms with Crippen LogP contribution in [0.15, 0.2) is 47.3 Å². The molecular weight excluding hydrogens is 250 g/mol. The van der Waals surface area contributed by atoms with Gasteiger partial charge in [-0.3, -0.25) is 4.79 Å². The van der Waals surface area contributed by atoms with E-state index < -0.39 is 18.1 Å². The molecule has 0 amide bonds. The number of pyridine rings is 1. The van der Waals surface area contributed by atoms with Crippen molar-refractivity contribution in [1.82, 2.24) is 4.57 Å². The average Bonchev–Trinajstić information content (AvgIpc) is 2.53. The zero-order chi connectivity index (χ0) is 17.3. The van der Waals surface area contributed by atoms with Crippen LogP contribution in [0.3, 0.4) is 0 Å². The molecule has 0 aliphatic carbocycles. The van der Waals surface area contributed by atoms with E-state index in [9.17, 15) is 4.79 Å². The maximum Gasteiger partial charge on any atom is 0.223 e. The number of aromatic nitrogens is 1. The summed E-state index contributed by atoms with van der Waals surface area (Å²) in [5.41, 5.74) is 0.234. The second-order valence-electron chi connectivity index (χ2n) is 3.63. The quantitative estimate of drug-likeness (QED) is 0.799. The van der Waals surface area contributed by atoms with E-state index in [-0.39, 0.29) is 41.3 Å². The molecular formula is C14H14ClNO2. The number of halogens is 1. The van der Waals surface area contributed by atoms with Gasteiger partial charge >= 0.3 is 0 Å². The minimum Gasteiger partial charge on any atom is -0.483 e. The summed E-state index contributed by atoms with van der Waals surface area (Å²) in [6.45, 7) is -0.300. The number of hydrogen-bond acceptors (Lipinski definition) is 2. The molecule has 0 aliphatic heterocycles. The summed E-state index contributed by atoms with van der Waals surface area (Å²) >= 11 is 5.71. The number of aryl methyl sites for hydroxylation is 1. The first-order chi connectivity index (χ1) is 10.8. The maximum atomic E-state index is 11.9. The molecule has 0 saturated carbocycles. The van der Waals surface area contributed by atoms with Gasteiger partial charge in [0.1, 0.15) is 6.61 Å². The van der Waals surface area contributed by atoms with Gasteiger partial charge in [-0.05, 0) is 5.56 Å². The van der Waals surface area contributed by atoms with E-state index in [4.69, 9.17) is 23.2 Å². The first-order valence-corrected chi connectivity index (χ1v) is 5.75. The van der Waals surface area contributed by atoms with E-state index in [1.54, 1.807) is 11.6 Å². The van der Waals surface area contributed by atoms with Gasteiger partial charge in [0.05, 0.1) is 18.9 Å². The molecule has 2 rings (SSSR count). The van der Waals surface area contributed by atoms with E-state index in [0.717, 1.165) is 0 Å². The Labute approximate surface area is 118 Å². The molecule has 1 heterocycles. The van der Waals surface area contributed by atoms with Crippen molar-refractivity contribution in [3.8, 4) is 5.75 Å². The lowest BCUT2D eigenvalue weighted by molar-refractivity contribution is 0.300. The largest absolute Gasteiger partial charge is 0.483 e. The lowest BCUT2D eigenvalue weighted by atomic mass is 10.2. The van der Waals surface area contributed by atoms with Crippen LogP contribution in [-0.2, 0) is 19.5 Å². The summed E-state index contributed by atoms with van der Waals surface area (Å²) in [4.78, 5) is 11.9. The van der Waals surface area contributed by atoms with E-state index in [0.29, 0.717) is 5.69 Å².